The lowest BCUT2D eigenvalue weighted by molar-refractivity contribution is -0.150. The number of fused-ring (bicyclic) bond motifs is 1. The largest absolute Gasteiger partial charge is 0.461 e. The number of nitrogens with zero attached hydrogens (tertiary/aromatic N) is 3. The minimum absolute atomic E-state index is 0.168. The number of unbranched alkanes of at least 4 members (excludes halogenated alkanes) is 1. The lowest BCUT2D eigenvalue weighted by Crippen LogP contribution is -2.68. The monoisotopic (exact) mass is 350 g/mol. The summed E-state index contributed by atoms with van der Waals surface area (Å²) < 4.78 is 7.33. The van der Waals surface area contributed by atoms with E-state index in [-0.39, 0.29) is 11.3 Å². The minimum Gasteiger partial charge on any atom is -0.461 e. The number of carbonyl (C=O) groups excluding carboxylic acids is 2. The molecule has 130 valence electrons. The van der Waals surface area contributed by atoms with E-state index in [2.05, 4.69) is 4.98 Å². The van der Waals surface area contributed by atoms with E-state index in [0.29, 0.717) is 24.6 Å². The average Bonchev–Trinajstić information content (AvgIpc) is 2.98. The van der Waals surface area contributed by atoms with Gasteiger partial charge in [-0.3, -0.25) is 9.69 Å². The fourth-order valence-corrected chi connectivity index (χ4v) is 4.13. The molecule has 0 bridgehead atoms. The molecule has 0 saturated carbocycles. The number of β-lactam (4-membered cyclic amide) rings is 1. The Morgan fingerprint density at radius 2 is 2.33 bits per heavy atom. The Labute approximate surface area is 145 Å². The topological polar surface area (TPSA) is 90.5 Å². The van der Waals surface area contributed by atoms with Gasteiger partial charge in [-0.2, -0.15) is 0 Å². The molecule has 0 aliphatic carbocycles. The van der Waals surface area contributed by atoms with Crippen LogP contribution in [0.3, 0.4) is 0 Å². The number of amides is 1. The van der Waals surface area contributed by atoms with Crippen LogP contribution >= 0.6 is 11.8 Å². The van der Waals surface area contributed by atoms with Crippen LogP contribution in [0.15, 0.2) is 23.7 Å². The average molecular weight is 350 g/mol. The summed E-state index contributed by atoms with van der Waals surface area (Å²) in [5.74, 6) is 0.869. The molecule has 1 aromatic heterocycles. The Morgan fingerprint density at radius 1 is 1.54 bits per heavy atom. The Morgan fingerprint density at radius 3 is 3.00 bits per heavy atom. The molecule has 1 amide bonds. The van der Waals surface area contributed by atoms with Crippen molar-refractivity contribution in [3.63, 3.8) is 0 Å². The number of rotatable bonds is 6. The molecule has 7 nitrogen and oxygen atoms in total. The summed E-state index contributed by atoms with van der Waals surface area (Å²) in [4.78, 5) is 30.5. The molecule has 24 heavy (non-hydrogen) atoms. The van der Waals surface area contributed by atoms with Gasteiger partial charge >= 0.3 is 5.97 Å². The van der Waals surface area contributed by atoms with Gasteiger partial charge in [0.25, 0.3) is 0 Å². The lowest BCUT2D eigenvalue weighted by Gasteiger charge is -2.48. The summed E-state index contributed by atoms with van der Waals surface area (Å²) in [7, 11) is 0. The predicted molar refractivity (Wildman–Crippen MR) is 90.9 cm³/mol. The van der Waals surface area contributed by atoms with Crippen molar-refractivity contribution < 1.29 is 14.3 Å². The molecule has 1 aromatic rings. The second kappa shape index (κ2) is 6.98. The van der Waals surface area contributed by atoms with Crippen LogP contribution in [0.5, 0.6) is 0 Å². The van der Waals surface area contributed by atoms with Gasteiger partial charge in [0.2, 0.25) is 5.91 Å². The van der Waals surface area contributed by atoms with Crippen molar-refractivity contribution in [1.29, 1.82) is 0 Å². The molecule has 0 radical (unpaired) electrons. The van der Waals surface area contributed by atoms with E-state index in [0.717, 1.165) is 24.2 Å². The maximum atomic E-state index is 12.6. The number of imidazole rings is 1. The Bertz CT molecular complexity index is 685. The summed E-state index contributed by atoms with van der Waals surface area (Å²) in [6, 6.07) is -0.537. The maximum absolute atomic E-state index is 12.6. The van der Waals surface area contributed by atoms with E-state index >= 15 is 0 Å². The van der Waals surface area contributed by atoms with Gasteiger partial charge in [0, 0.05) is 24.7 Å². The summed E-state index contributed by atoms with van der Waals surface area (Å²) in [6.45, 7) is 4.82. The van der Waals surface area contributed by atoms with Crippen LogP contribution in [0.1, 0.15) is 25.6 Å². The van der Waals surface area contributed by atoms with Gasteiger partial charge in [-0.1, -0.05) is 13.3 Å². The van der Waals surface area contributed by atoms with E-state index in [1.807, 2.05) is 24.6 Å². The van der Waals surface area contributed by atoms with Crippen molar-refractivity contribution in [2.45, 2.75) is 44.6 Å². The van der Waals surface area contributed by atoms with Crippen LogP contribution in [-0.2, 0) is 20.9 Å². The second-order valence-electron chi connectivity index (χ2n) is 5.98. The molecule has 3 heterocycles. The lowest BCUT2D eigenvalue weighted by atomic mass is 10.0. The van der Waals surface area contributed by atoms with Gasteiger partial charge in [0.15, 0.2) is 0 Å². The number of esters is 1. The highest BCUT2D eigenvalue weighted by Gasteiger charge is 2.52. The van der Waals surface area contributed by atoms with Crippen molar-refractivity contribution in [3.8, 4) is 0 Å². The number of carbonyl (C=O) groups is 2. The van der Waals surface area contributed by atoms with Gasteiger partial charge < -0.3 is 15.0 Å². The smallest absolute Gasteiger partial charge is 0.355 e. The van der Waals surface area contributed by atoms with Crippen molar-refractivity contribution in [2.75, 3.05) is 12.4 Å². The quantitative estimate of drug-likeness (QED) is 0.468. The van der Waals surface area contributed by atoms with Crippen molar-refractivity contribution >= 4 is 23.6 Å². The molecule has 8 heteroatoms. The summed E-state index contributed by atoms with van der Waals surface area (Å²) in [5.41, 5.74) is 7.11. The minimum atomic E-state index is -0.537. The molecule has 0 aromatic carbocycles. The molecule has 2 aliphatic rings. The molecule has 3 rings (SSSR count). The van der Waals surface area contributed by atoms with E-state index < -0.39 is 12.0 Å². The van der Waals surface area contributed by atoms with Crippen molar-refractivity contribution in [2.24, 2.45) is 5.73 Å². The third-order valence-corrected chi connectivity index (χ3v) is 5.66. The zero-order valence-electron chi connectivity index (χ0n) is 13.9. The number of hydrogen-bond donors (Lipinski definition) is 1. The zero-order valence-corrected chi connectivity index (χ0v) is 14.7. The Balaban J connectivity index is 1.88. The first-order chi connectivity index (χ1) is 11.5. The fourth-order valence-electron chi connectivity index (χ4n) is 2.84. The first kappa shape index (κ1) is 17.0. The number of thioether (sulfide) groups is 1. The zero-order chi connectivity index (χ0) is 17.3. The van der Waals surface area contributed by atoms with Gasteiger partial charge in [-0.15, -0.1) is 11.8 Å². The van der Waals surface area contributed by atoms with Gasteiger partial charge in [-0.25, -0.2) is 9.78 Å². The number of ether oxygens (including phenoxy) is 1. The number of aromatic nitrogens is 2. The fraction of sp³-hybridized carbons (Fsp3) is 0.562. The number of hydrogen-bond acceptors (Lipinski definition) is 6. The van der Waals surface area contributed by atoms with E-state index in [1.54, 1.807) is 18.0 Å². The number of aryl methyl sites for hydroxylation is 1. The first-order valence-electron chi connectivity index (χ1n) is 8.11. The molecule has 2 atom stereocenters. The standard InChI is InChI=1S/C16H22N4O3S/c1-3-4-7-23-16(22)13-11(8-19-6-5-18-10(19)2)9-24-15-12(17)14(21)20(13)15/h5-6,12,15H,3-4,7-9,17H2,1-2H3/t12?,15-/m1/s1. The second-order valence-corrected chi connectivity index (χ2v) is 7.08. The highest BCUT2D eigenvalue weighted by atomic mass is 32.2. The maximum Gasteiger partial charge on any atom is 0.355 e. The van der Waals surface area contributed by atoms with Crippen LogP contribution in [0.2, 0.25) is 0 Å². The molecule has 1 unspecified atom stereocenters. The normalized spacial score (nSPS) is 23.1. The van der Waals surface area contributed by atoms with E-state index in [1.165, 1.54) is 4.90 Å². The summed E-state index contributed by atoms with van der Waals surface area (Å²) in [5, 5.41) is -0.168. The van der Waals surface area contributed by atoms with Crippen LogP contribution in [0.4, 0.5) is 0 Å². The van der Waals surface area contributed by atoms with Crippen molar-refractivity contribution in [3.05, 3.63) is 29.5 Å². The molecule has 0 spiro atoms. The Hall–Kier alpha value is -1.80. The van der Waals surface area contributed by atoms with Crippen LogP contribution < -0.4 is 5.73 Å². The molecule has 2 aliphatic heterocycles. The van der Waals surface area contributed by atoms with Gasteiger partial charge in [-0.05, 0) is 18.9 Å². The van der Waals surface area contributed by atoms with E-state index in [4.69, 9.17) is 10.5 Å². The SMILES string of the molecule is CCCCOC(=O)C1=C(Cn2ccnc2C)CS[C@@H]2C(N)C(=O)N12. The highest BCUT2D eigenvalue weighted by molar-refractivity contribution is 8.00. The first-order valence-corrected chi connectivity index (χ1v) is 9.16. The van der Waals surface area contributed by atoms with Crippen LogP contribution in [0, 0.1) is 6.92 Å². The molecule has 1 saturated heterocycles. The van der Waals surface area contributed by atoms with Crippen LogP contribution in [-0.4, -0.2) is 50.1 Å². The third-order valence-electron chi connectivity index (χ3n) is 4.30. The molecule has 1 fully saturated rings. The van der Waals surface area contributed by atoms with E-state index in [9.17, 15) is 9.59 Å². The predicted octanol–water partition coefficient (Wildman–Crippen LogP) is 1.03. The molecular formula is C16H22N4O3S. The molecular weight excluding hydrogens is 328 g/mol. The molecule has 2 N–H and O–H groups in total. The number of nitrogens with two attached hydrogens (primary N) is 1. The Kier molecular flexibility index (Phi) is 4.96. The van der Waals surface area contributed by atoms with Crippen molar-refractivity contribution in [1.82, 2.24) is 14.5 Å². The van der Waals surface area contributed by atoms with Gasteiger partial charge in [0.05, 0.1) is 6.61 Å². The van der Waals surface area contributed by atoms with Gasteiger partial charge in [0.1, 0.15) is 22.9 Å². The highest BCUT2D eigenvalue weighted by Crippen LogP contribution is 2.40. The summed E-state index contributed by atoms with van der Waals surface area (Å²) in [6.07, 6.45) is 5.33. The summed E-state index contributed by atoms with van der Waals surface area (Å²) >= 11 is 1.59. The third kappa shape index (κ3) is 2.95. The van der Waals surface area contributed by atoms with Crippen LogP contribution in [0.25, 0.3) is 0 Å².